The van der Waals surface area contributed by atoms with Crippen molar-refractivity contribution in [3.8, 4) is 5.75 Å². The minimum absolute atomic E-state index is 0.0613. The third-order valence-electron chi connectivity index (χ3n) is 5.66. The van der Waals surface area contributed by atoms with Crippen LogP contribution in [0.4, 0.5) is 0 Å². The maximum atomic E-state index is 13.4. The monoisotopic (exact) mass is 455 g/mol. The molecule has 1 aliphatic rings. The van der Waals surface area contributed by atoms with Gasteiger partial charge in [-0.25, -0.2) is 8.42 Å². The Morgan fingerprint density at radius 1 is 1.06 bits per heavy atom. The third kappa shape index (κ3) is 4.63. The van der Waals surface area contributed by atoms with Crippen molar-refractivity contribution in [1.29, 1.82) is 0 Å². The van der Waals surface area contributed by atoms with E-state index >= 15 is 0 Å². The second kappa shape index (κ2) is 9.02. The fourth-order valence-corrected chi connectivity index (χ4v) is 6.96. The molecule has 0 bridgehead atoms. The Balaban J connectivity index is 1.53. The van der Waals surface area contributed by atoms with Crippen LogP contribution in [0.3, 0.4) is 0 Å². The molecule has 3 aromatic carbocycles. The minimum Gasteiger partial charge on any atom is -0.497 e. The van der Waals surface area contributed by atoms with E-state index in [0.29, 0.717) is 13.0 Å². The van der Waals surface area contributed by atoms with Crippen LogP contribution >= 0.6 is 11.8 Å². The van der Waals surface area contributed by atoms with Gasteiger partial charge in [-0.1, -0.05) is 42.5 Å². The van der Waals surface area contributed by atoms with Crippen molar-refractivity contribution in [2.75, 3.05) is 13.7 Å². The number of sulfonamides is 1. The SMILES string of the molecule is COc1ccc(CS[C@@H]2C[C@@H](C(C)=O)N(S(=O)(=O)c3ccc4ccccc4c3)C2)cc1. The average Bonchev–Trinajstić information content (AvgIpc) is 3.23. The lowest BCUT2D eigenvalue weighted by molar-refractivity contribution is -0.119. The Bertz CT molecular complexity index is 1190. The van der Waals surface area contributed by atoms with E-state index < -0.39 is 16.1 Å². The van der Waals surface area contributed by atoms with Gasteiger partial charge in [0.15, 0.2) is 0 Å². The lowest BCUT2D eigenvalue weighted by Crippen LogP contribution is -2.39. The largest absolute Gasteiger partial charge is 0.497 e. The van der Waals surface area contributed by atoms with Crippen LogP contribution in [-0.4, -0.2) is 43.5 Å². The first-order chi connectivity index (χ1) is 14.9. The van der Waals surface area contributed by atoms with Crippen molar-refractivity contribution in [2.45, 2.75) is 35.3 Å². The molecule has 5 nitrogen and oxygen atoms in total. The fourth-order valence-electron chi connectivity index (χ4n) is 3.92. The van der Waals surface area contributed by atoms with E-state index in [4.69, 9.17) is 4.74 Å². The molecule has 0 spiro atoms. The number of hydrogen-bond acceptors (Lipinski definition) is 5. The predicted molar refractivity (Wildman–Crippen MR) is 125 cm³/mol. The molecule has 162 valence electrons. The molecule has 3 aromatic rings. The first-order valence-corrected chi connectivity index (χ1v) is 12.6. The number of thioether (sulfide) groups is 1. The molecule has 1 aliphatic heterocycles. The molecule has 31 heavy (non-hydrogen) atoms. The highest BCUT2D eigenvalue weighted by atomic mass is 32.2. The van der Waals surface area contributed by atoms with E-state index in [9.17, 15) is 13.2 Å². The van der Waals surface area contributed by atoms with Crippen LogP contribution in [0.5, 0.6) is 5.75 Å². The lowest BCUT2D eigenvalue weighted by atomic mass is 10.1. The number of fused-ring (bicyclic) bond motifs is 1. The van der Waals surface area contributed by atoms with Crippen LogP contribution in [0.25, 0.3) is 10.8 Å². The first kappa shape index (κ1) is 21.9. The molecule has 1 saturated heterocycles. The van der Waals surface area contributed by atoms with Gasteiger partial charge in [-0.2, -0.15) is 16.1 Å². The molecule has 1 heterocycles. The van der Waals surface area contributed by atoms with Gasteiger partial charge < -0.3 is 4.74 Å². The Morgan fingerprint density at radius 2 is 1.77 bits per heavy atom. The van der Waals surface area contributed by atoms with Crippen molar-refractivity contribution in [3.63, 3.8) is 0 Å². The van der Waals surface area contributed by atoms with E-state index in [-0.39, 0.29) is 15.9 Å². The van der Waals surface area contributed by atoms with Gasteiger partial charge in [-0.3, -0.25) is 4.79 Å². The third-order valence-corrected chi connectivity index (χ3v) is 8.84. The molecule has 0 aliphatic carbocycles. The standard InChI is InChI=1S/C24H25NO4S2/c1-17(26)24-14-22(30-16-18-7-10-21(29-2)11-8-18)15-25(24)31(27,28)23-12-9-19-5-3-4-6-20(19)13-23/h3-13,22,24H,14-16H2,1-2H3/t22-,24+/m1/s1. The zero-order valence-electron chi connectivity index (χ0n) is 17.5. The van der Waals surface area contributed by atoms with E-state index in [2.05, 4.69) is 0 Å². The highest BCUT2D eigenvalue weighted by molar-refractivity contribution is 7.99. The molecule has 0 amide bonds. The molecule has 0 radical (unpaired) electrons. The maximum absolute atomic E-state index is 13.4. The summed E-state index contributed by atoms with van der Waals surface area (Å²) in [7, 11) is -2.13. The van der Waals surface area contributed by atoms with Gasteiger partial charge in [0.1, 0.15) is 11.5 Å². The number of Topliss-reactive ketones (excluding diaryl/α,β-unsaturated/α-hetero) is 1. The summed E-state index contributed by atoms with van der Waals surface area (Å²) in [5.74, 6) is 1.44. The number of ether oxygens (including phenoxy) is 1. The average molecular weight is 456 g/mol. The van der Waals surface area contributed by atoms with Gasteiger partial charge in [0.2, 0.25) is 10.0 Å². The number of carbonyl (C=O) groups is 1. The summed E-state index contributed by atoms with van der Waals surface area (Å²) in [6.45, 7) is 1.81. The van der Waals surface area contributed by atoms with E-state index in [0.717, 1.165) is 27.8 Å². The number of rotatable bonds is 7. The van der Waals surface area contributed by atoms with Crippen LogP contribution in [0.2, 0.25) is 0 Å². The second-order valence-electron chi connectivity index (χ2n) is 7.73. The molecule has 4 rings (SSSR count). The Hall–Kier alpha value is -2.35. The molecular weight excluding hydrogens is 430 g/mol. The molecule has 7 heteroatoms. The summed E-state index contributed by atoms with van der Waals surface area (Å²) in [6, 6.07) is 20.0. The van der Waals surface area contributed by atoms with Crippen molar-refractivity contribution in [3.05, 3.63) is 72.3 Å². The van der Waals surface area contributed by atoms with Crippen molar-refractivity contribution < 1.29 is 17.9 Å². The van der Waals surface area contributed by atoms with Crippen LogP contribution in [0, 0.1) is 0 Å². The Kier molecular flexibility index (Phi) is 6.36. The molecule has 1 fully saturated rings. The summed E-state index contributed by atoms with van der Waals surface area (Å²) in [5.41, 5.74) is 1.14. The number of methoxy groups -OCH3 is 1. The van der Waals surface area contributed by atoms with Gasteiger partial charge in [0, 0.05) is 17.5 Å². The normalized spacial score (nSPS) is 19.5. The smallest absolute Gasteiger partial charge is 0.243 e. The van der Waals surface area contributed by atoms with E-state index in [1.54, 1.807) is 31.0 Å². The number of ketones is 1. The zero-order chi connectivity index (χ0) is 22.0. The Morgan fingerprint density at radius 3 is 2.45 bits per heavy atom. The number of benzene rings is 3. The highest BCUT2D eigenvalue weighted by Gasteiger charge is 2.42. The zero-order valence-corrected chi connectivity index (χ0v) is 19.2. The first-order valence-electron chi connectivity index (χ1n) is 10.1. The maximum Gasteiger partial charge on any atom is 0.243 e. The molecular formula is C24H25NO4S2. The van der Waals surface area contributed by atoms with Crippen LogP contribution in [0.15, 0.2) is 71.6 Å². The van der Waals surface area contributed by atoms with Crippen LogP contribution in [0.1, 0.15) is 18.9 Å². The topological polar surface area (TPSA) is 63.7 Å². The number of hydrogen-bond donors (Lipinski definition) is 0. The van der Waals surface area contributed by atoms with Gasteiger partial charge >= 0.3 is 0 Å². The van der Waals surface area contributed by atoms with Crippen molar-refractivity contribution >= 4 is 38.3 Å². The fraction of sp³-hybridized carbons (Fsp3) is 0.292. The van der Waals surface area contributed by atoms with Crippen molar-refractivity contribution in [1.82, 2.24) is 4.31 Å². The summed E-state index contributed by atoms with van der Waals surface area (Å²) in [5, 5.41) is 1.91. The van der Waals surface area contributed by atoms with Crippen molar-refractivity contribution in [2.24, 2.45) is 0 Å². The summed E-state index contributed by atoms with van der Waals surface area (Å²) < 4.78 is 33.5. The van der Waals surface area contributed by atoms with Gasteiger partial charge in [0.05, 0.1) is 18.0 Å². The second-order valence-corrected chi connectivity index (χ2v) is 10.9. The predicted octanol–water partition coefficient (Wildman–Crippen LogP) is 4.50. The van der Waals surface area contributed by atoms with Crippen LogP contribution < -0.4 is 4.74 Å². The Labute approximate surface area is 187 Å². The summed E-state index contributed by atoms with van der Waals surface area (Å²) in [6.07, 6.45) is 0.531. The molecule has 0 unspecified atom stereocenters. The molecule has 2 atom stereocenters. The van der Waals surface area contributed by atoms with Gasteiger partial charge in [-0.15, -0.1) is 0 Å². The van der Waals surface area contributed by atoms with Crippen LogP contribution in [-0.2, 0) is 20.6 Å². The molecule has 0 aromatic heterocycles. The quantitative estimate of drug-likeness (QED) is 0.525. The summed E-state index contributed by atoms with van der Waals surface area (Å²) in [4.78, 5) is 12.5. The minimum atomic E-state index is -3.77. The number of carbonyl (C=O) groups excluding carboxylic acids is 1. The molecule has 0 N–H and O–H groups in total. The molecule has 0 saturated carbocycles. The van der Waals surface area contributed by atoms with Gasteiger partial charge in [0.25, 0.3) is 0 Å². The summed E-state index contributed by atoms with van der Waals surface area (Å²) >= 11 is 1.69. The van der Waals surface area contributed by atoms with Gasteiger partial charge in [-0.05, 0) is 53.9 Å². The van der Waals surface area contributed by atoms with E-state index in [1.165, 1.54) is 11.2 Å². The van der Waals surface area contributed by atoms with E-state index in [1.807, 2.05) is 54.6 Å². The highest BCUT2D eigenvalue weighted by Crippen LogP contribution is 2.35. The lowest BCUT2D eigenvalue weighted by Gasteiger charge is -2.22. The number of nitrogens with zero attached hydrogens (tertiary/aromatic N) is 1.